The molecule has 1 aromatic heterocycles. The average Bonchev–Trinajstić information content (AvgIpc) is 2.84. The first-order valence-corrected chi connectivity index (χ1v) is 7.06. The second-order valence-electron chi connectivity index (χ2n) is 3.70. The molecule has 2 aromatic rings. The van der Waals surface area contributed by atoms with E-state index in [0.717, 1.165) is 5.56 Å². The van der Waals surface area contributed by atoms with E-state index in [0.29, 0.717) is 28.3 Å². The minimum absolute atomic E-state index is 0.128. The fourth-order valence-electron chi connectivity index (χ4n) is 1.34. The second-order valence-corrected chi connectivity index (χ2v) is 5.25. The Hall–Kier alpha value is -1.53. The first-order valence-electron chi connectivity index (χ1n) is 5.53. The number of benzene rings is 1. The van der Waals surface area contributed by atoms with Crippen LogP contribution in [0.2, 0.25) is 5.02 Å². The molecule has 0 spiro atoms. The number of halogens is 1. The van der Waals surface area contributed by atoms with Crippen LogP contribution in [0.15, 0.2) is 28.7 Å². The van der Waals surface area contributed by atoms with Crippen LogP contribution in [0.5, 0.6) is 0 Å². The number of hydrogen-bond donors (Lipinski definition) is 1. The van der Waals surface area contributed by atoms with Gasteiger partial charge in [0.2, 0.25) is 11.8 Å². The first kappa shape index (κ1) is 13.9. The van der Waals surface area contributed by atoms with E-state index in [9.17, 15) is 4.79 Å². The van der Waals surface area contributed by atoms with Gasteiger partial charge in [-0.05, 0) is 24.3 Å². The van der Waals surface area contributed by atoms with E-state index in [4.69, 9.17) is 21.1 Å². The van der Waals surface area contributed by atoms with Crippen molar-refractivity contribution >= 4 is 29.3 Å². The number of thioether (sulfide) groups is 1. The summed E-state index contributed by atoms with van der Waals surface area (Å²) in [5.74, 6) is 1.15. The highest BCUT2D eigenvalue weighted by Gasteiger charge is 2.08. The summed E-state index contributed by atoms with van der Waals surface area (Å²) in [6, 6.07) is 7.11. The summed E-state index contributed by atoms with van der Waals surface area (Å²) < 4.78 is 5.48. The summed E-state index contributed by atoms with van der Waals surface area (Å²) in [6.45, 7) is 0. The molecule has 0 saturated heterocycles. The summed E-state index contributed by atoms with van der Waals surface area (Å²) in [5.41, 5.74) is 0.804. The Labute approximate surface area is 119 Å². The maximum absolute atomic E-state index is 10.4. The molecule has 0 saturated carbocycles. The predicted molar refractivity (Wildman–Crippen MR) is 73.2 cm³/mol. The van der Waals surface area contributed by atoms with E-state index in [1.54, 1.807) is 24.3 Å². The zero-order chi connectivity index (χ0) is 13.7. The van der Waals surface area contributed by atoms with Crippen LogP contribution in [0.4, 0.5) is 0 Å². The Morgan fingerprint density at radius 2 is 2.05 bits per heavy atom. The summed E-state index contributed by atoms with van der Waals surface area (Å²) in [4.78, 5) is 10.4. The molecule has 0 aliphatic heterocycles. The molecule has 0 amide bonds. The van der Waals surface area contributed by atoms with Crippen LogP contribution in [0.1, 0.15) is 12.3 Å². The molecule has 100 valence electrons. The van der Waals surface area contributed by atoms with E-state index in [1.807, 2.05) is 0 Å². The summed E-state index contributed by atoms with van der Waals surface area (Å²) in [5, 5.41) is 17.0. The van der Waals surface area contributed by atoms with E-state index in [2.05, 4.69) is 10.2 Å². The van der Waals surface area contributed by atoms with Crippen LogP contribution in [-0.2, 0) is 10.5 Å². The van der Waals surface area contributed by atoms with Crippen molar-refractivity contribution in [3.05, 3.63) is 35.2 Å². The van der Waals surface area contributed by atoms with E-state index in [-0.39, 0.29) is 6.42 Å². The van der Waals surface area contributed by atoms with Gasteiger partial charge in [-0.1, -0.05) is 11.6 Å². The fraction of sp³-hybridized carbons (Fsp3) is 0.250. The van der Waals surface area contributed by atoms with Gasteiger partial charge in [-0.25, -0.2) is 0 Å². The molecule has 2 rings (SSSR count). The van der Waals surface area contributed by atoms with Crippen LogP contribution in [0.25, 0.3) is 11.5 Å². The minimum Gasteiger partial charge on any atom is -0.481 e. The quantitative estimate of drug-likeness (QED) is 0.826. The molecule has 19 heavy (non-hydrogen) atoms. The molecule has 5 nitrogen and oxygen atoms in total. The van der Waals surface area contributed by atoms with Crippen molar-refractivity contribution in [1.29, 1.82) is 0 Å². The number of aliphatic carboxylic acids is 1. The Balaban J connectivity index is 1.91. The van der Waals surface area contributed by atoms with Gasteiger partial charge < -0.3 is 9.52 Å². The van der Waals surface area contributed by atoms with Crippen molar-refractivity contribution in [2.75, 3.05) is 5.75 Å². The lowest BCUT2D eigenvalue weighted by Gasteiger charge is -1.95. The average molecular weight is 299 g/mol. The molecule has 0 radical (unpaired) electrons. The maximum atomic E-state index is 10.4. The van der Waals surface area contributed by atoms with E-state index >= 15 is 0 Å². The first-order chi connectivity index (χ1) is 9.15. The van der Waals surface area contributed by atoms with Crippen molar-refractivity contribution in [3.8, 4) is 11.5 Å². The van der Waals surface area contributed by atoms with Gasteiger partial charge in [0.05, 0.1) is 12.2 Å². The molecular weight excluding hydrogens is 288 g/mol. The Morgan fingerprint density at radius 3 is 2.74 bits per heavy atom. The molecule has 0 atom stereocenters. The SMILES string of the molecule is O=C(O)CCSCc1nnc(-c2ccc(Cl)cc2)o1. The molecule has 0 unspecified atom stereocenters. The summed E-state index contributed by atoms with van der Waals surface area (Å²) in [7, 11) is 0. The third kappa shape index (κ3) is 4.25. The molecule has 1 heterocycles. The number of aromatic nitrogens is 2. The van der Waals surface area contributed by atoms with Gasteiger partial charge in [0.1, 0.15) is 0 Å². The summed E-state index contributed by atoms with van der Waals surface area (Å²) in [6.07, 6.45) is 0.128. The van der Waals surface area contributed by atoms with Crippen molar-refractivity contribution in [3.63, 3.8) is 0 Å². The van der Waals surface area contributed by atoms with Gasteiger partial charge in [-0.15, -0.1) is 10.2 Å². The number of carboxylic acid groups (broad SMARTS) is 1. The third-order valence-electron chi connectivity index (χ3n) is 2.24. The van der Waals surface area contributed by atoms with Crippen LogP contribution in [0.3, 0.4) is 0 Å². The molecule has 0 fully saturated rings. The minimum atomic E-state index is -0.806. The Bertz CT molecular complexity index is 556. The van der Waals surface area contributed by atoms with E-state index in [1.165, 1.54) is 11.8 Å². The topological polar surface area (TPSA) is 76.2 Å². The molecule has 7 heteroatoms. The van der Waals surface area contributed by atoms with Crippen molar-refractivity contribution in [2.45, 2.75) is 12.2 Å². The number of carbonyl (C=O) groups is 1. The van der Waals surface area contributed by atoms with Gasteiger partial charge in [-0.2, -0.15) is 11.8 Å². The highest BCUT2D eigenvalue weighted by Crippen LogP contribution is 2.21. The number of rotatable bonds is 6. The standard InChI is InChI=1S/C12H11ClN2O3S/c13-9-3-1-8(2-4-9)12-15-14-10(18-12)7-19-6-5-11(16)17/h1-4H,5-7H2,(H,16,17). The normalized spacial score (nSPS) is 10.6. The van der Waals surface area contributed by atoms with Gasteiger partial charge in [0, 0.05) is 16.3 Å². The van der Waals surface area contributed by atoms with Crippen LogP contribution >= 0.6 is 23.4 Å². The molecule has 0 aliphatic rings. The zero-order valence-electron chi connectivity index (χ0n) is 9.88. The van der Waals surface area contributed by atoms with Gasteiger partial charge in [0.15, 0.2) is 0 Å². The Kier molecular flexibility index (Phi) is 4.81. The lowest BCUT2D eigenvalue weighted by Crippen LogP contribution is -1.96. The predicted octanol–water partition coefficient (Wildman–Crippen LogP) is 3.10. The van der Waals surface area contributed by atoms with Crippen LogP contribution in [-0.4, -0.2) is 27.0 Å². The highest BCUT2D eigenvalue weighted by atomic mass is 35.5. The molecular formula is C12H11ClN2O3S. The second kappa shape index (κ2) is 6.58. The van der Waals surface area contributed by atoms with Gasteiger partial charge in [0.25, 0.3) is 0 Å². The number of nitrogens with zero attached hydrogens (tertiary/aromatic N) is 2. The van der Waals surface area contributed by atoms with Crippen LogP contribution in [0, 0.1) is 0 Å². The lowest BCUT2D eigenvalue weighted by molar-refractivity contribution is -0.136. The van der Waals surface area contributed by atoms with Crippen molar-refractivity contribution in [2.24, 2.45) is 0 Å². The summed E-state index contributed by atoms with van der Waals surface area (Å²) >= 11 is 7.24. The number of hydrogen-bond acceptors (Lipinski definition) is 5. The van der Waals surface area contributed by atoms with Crippen LogP contribution < -0.4 is 0 Å². The van der Waals surface area contributed by atoms with Gasteiger partial charge >= 0.3 is 5.97 Å². The van der Waals surface area contributed by atoms with Gasteiger partial charge in [-0.3, -0.25) is 4.79 Å². The smallest absolute Gasteiger partial charge is 0.304 e. The lowest BCUT2D eigenvalue weighted by atomic mass is 10.2. The highest BCUT2D eigenvalue weighted by molar-refractivity contribution is 7.98. The molecule has 0 aliphatic carbocycles. The Morgan fingerprint density at radius 1 is 1.32 bits per heavy atom. The van der Waals surface area contributed by atoms with Crippen molar-refractivity contribution < 1.29 is 14.3 Å². The van der Waals surface area contributed by atoms with E-state index < -0.39 is 5.97 Å². The monoisotopic (exact) mass is 298 g/mol. The molecule has 0 bridgehead atoms. The number of carboxylic acids is 1. The molecule has 1 aromatic carbocycles. The zero-order valence-corrected chi connectivity index (χ0v) is 11.4. The maximum Gasteiger partial charge on any atom is 0.304 e. The third-order valence-corrected chi connectivity index (χ3v) is 3.44. The van der Waals surface area contributed by atoms with Crippen molar-refractivity contribution in [1.82, 2.24) is 10.2 Å². The largest absolute Gasteiger partial charge is 0.481 e. The fourth-order valence-corrected chi connectivity index (χ4v) is 2.22. The molecule has 1 N–H and O–H groups in total.